The molecule has 0 aliphatic rings. The maximum atomic E-state index is 10.7. The molecular formula is C7H17ClN2O2S. The largest absolute Gasteiger partial charge is 0.309 e. The molecule has 13 heavy (non-hydrogen) atoms. The molecule has 0 unspecified atom stereocenters. The minimum absolute atomic E-state index is 0.495. The Labute approximate surface area is 84.8 Å². The van der Waals surface area contributed by atoms with Crippen molar-refractivity contribution in [3.63, 3.8) is 0 Å². The molecule has 0 aromatic heterocycles. The third kappa shape index (κ3) is 8.49. The average molecular weight is 229 g/mol. The first-order chi connectivity index (χ1) is 5.62. The summed E-state index contributed by atoms with van der Waals surface area (Å²) in [4.78, 5) is 1.99. The molecule has 0 rings (SSSR count). The van der Waals surface area contributed by atoms with Crippen molar-refractivity contribution in [1.29, 1.82) is 0 Å². The van der Waals surface area contributed by atoms with E-state index in [9.17, 15) is 8.42 Å². The van der Waals surface area contributed by atoms with Gasteiger partial charge in [0, 0.05) is 16.2 Å². The lowest BCUT2D eigenvalue weighted by molar-refractivity contribution is 0.328. The van der Waals surface area contributed by atoms with Crippen LogP contribution in [-0.2, 0) is 9.24 Å². The number of hydrogen-bond donors (Lipinski definition) is 1. The van der Waals surface area contributed by atoms with Crippen molar-refractivity contribution < 1.29 is 8.42 Å². The Balaban J connectivity index is 4.09. The van der Waals surface area contributed by atoms with Crippen LogP contribution in [0.2, 0.25) is 0 Å². The second-order valence-electron chi connectivity index (χ2n) is 3.98. The quantitative estimate of drug-likeness (QED) is 0.708. The van der Waals surface area contributed by atoms with Crippen LogP contribution in [0.5, 0.6) is 0 Å². The van der Waals surface area contributed by atoms with Crippen LogP contribution in [0, 0.1) is 0 Å². The summed E-state index contributed by atoms with van der Waals surface area (Å²) in [7, 11) is 5.33. The highest BCUT2D eigenvalue weighted by Crippen LogP contribution is 2.11. The molecule has 0 aromatic rings. The molecule has 1 N–H and O–H groups in total. The van der Waals surface area contributed by atoms with E-state index >= 15 is 0 Å². The Morgan fingerprint density at radius 1 is 1.38 bits per heavy atom. The molecule has 0 fully saturated rings. The van der Waals surface area contributed by atoms with E-state index < -0.39 is 14.8 Å². The van der Waals surface area contributed by atoms with Crippen LogP contribution in [0.3, 0.4) is 0 Å². The van der Waals surface area contributed by atoms with Crippen molar-refractivity contribution in [2.75, 3.05) is 20.6 Å². The highest BCUT2D eigenvalue weighted by molar-refractivity contribution is 8.12. The smallest absolute Gasteiger partial charge is 0.297 e. The molecule has 0 aromatic carbocycles. The highest BCUT2D eigenvalue weighted by Gasteiger charge is 2.22. The zero-order valence-corrected chi connectivity index (χ0v) is 10.0. The molecule has 0 aliphatic carbocycles. The van der Waals surface area contributed by atoms with Gasteiger partial charge in [-0.1, -0.05) is 0 Å². The summed E-state index contributed by atoms with van der Waals surface area (Å²) in [5.41, 5.74) is -0.495. The first kappa shape index (κ1) is 13.2. The van der Waals surface area contributed by atoms with Gasteiger partial charge in [-0.05, 0) is 40.9 Å². The Hall–Kier alpha value is 0.160. The lowest BCUT2D eigenvalue weighted by Crippen LogP contribution is -2.43. The van der Waals surface area contributed by atoms with Crippen molar-refractivity contribution in [2.24, 2.45) is 0 Å². The molecule has 0 radical (unpaired) electrons. The molecule has 6 heteroatoms. The van der Waals surface area contributed by atoms with Gasteiger partial charge in [0.1, 0.15) is 0 Å². The Kier molecular flexibility index (Phi) is 4.65. The van der Waals surface area contributed by atoms with Crippen LogP contribution in [0.1, 0.15) is 20.3 Å². The second-order valence-corrected chi connectivity index (χ2v) is 6.28. The zero-order valence-electron chi connectivity index (χ0n) is 8.46. The highest BCUT2D eigenvalue weighted by atomic mass is 35.7. The Morgan fingerprint density at radius 3 is 2.15 bits per heavy atom. The molecule has 0 aliphatic heterocycles. The summed E-state index contributed by atoms with van der Waals surface area (Å²) in [5.74, 6) is 0. The third-order valence-corrected chi connectivity index (χ3v) is 2.61. The van der Waals surface area contributed by atoms with Crippen molar-refractivity contribution in [2.45, 2.75) is 25.8 Å². The predicted molar refractivity (Wildman–Crippen MR) is 55.2 cm³/mol. The predicted octanol–water partition coefficient (Wildman–Crippen LogP) is 0.790. The van der Waals surface area contributed by atoms with Crippen LogP contribution in [0.25, 0.3) is 0 Å². The van der Waals surface area contributed by atoms with E-state index in [-0.39, 0.29) is 0 Å². The van der Waals surface area contributed by atoms with E-state index in [0.29, 0.717) is 6.42 Å². The summed E-state index contributed by atoms with van der Waals surface area (Å²) >= 11 is 0. The zero-order chi connectivity index (χ0) is 10.7. The fraction of sp³-hybridized carbons (Fsp3) is 1.00. The van der Waals surface area contributed by atoms with E-state index in [0.717, 1.165) is 6.54 Å². The maximum absolute atomic E-state index is 10.7. The fourth-order valence-electron chi connectivity index (χ4n) is 0.884. The molecule has 4 nitrogen and oxygen atoms in total. The van der Waals surface area contributed by atoms with Crippen LogP contribution in [0.15, 0.2) is 0 Å². The summed E-state index contributed by atoms with van der Waals surface area (Å²) in [5, 5.41) is 0. The summed E-state index contributed by atoms with van der Waals surface area (Å²) in [6.45, 7) is 4.42. The molecule has 0 bridgehead atoms. The molecule has 0 saturated heterocycles. The minimum atomic E-state index is -3.63. The van der Waals surface area contributed by atoms with Gasteiger partial charge in [0.2, 0.25) is 0 Å². The number of hydrogen-bond acceptors (Lipinski definition) is 3. The topological polar surface area (TPSA) is 49.4 Å². The maximum Gasteiger partial charge on any atom is 0.297 e. The van der Waals surface area contributed by atoms with E-state index in [1.165, 1.54) is 0 Å². The summed E-state index contributed by atoms with van der Waals surface area (Å²) < 4.78 is 23.8. The van der Waals surface area contributed by atoms with Crippen molar-refractivity contribution in [3.05, 3.63) is 0 Å². The Bertz CT molecular complexity index is 249. The molecule has 0 heterocycles. The average Bonchev–Trinajstić information content (AvgIpc) is 1.78. The molecular weight excluding hydrogens is 212 g/mol. The van der Waals surface area contributed by atoms with E-state index in [4.69, 9.17) is 10.7 Å². The number of rotatable bonds is 5. The van der Waals surface area contributed by atoms with Gasteiger partial charge < -0.3 is 4.90 Å². The Morgan fingerprint density at radius 2 is 1.85 bits per heavy atom. The fourth-order valence-corrected chi connectivity index (χ4v) is 2.27. The normalized spacial score (nSPS) is 13.7. The molecule has 0 spiro atoms. The van der Waals surface area contributed by atoms with Gasteiger partial charge in [0.25, 0.3) is 9.24 Å². The number of nitrogens with one attached hydrogen (secondary N) is 1. The summed E-state index contributed by atoms with van der Waals surface area (Å²) in [6, 6.07) is 0. The van der Waals surface area contributed by atoms with Gasteiger partial charge in [0.05, 0.1) is 0 Å². The van der Waals surface area contributed by atoms with E-state index in [1.807, 2.05) is 19.0 Å². The monoisotopic (exact) mass is 228 g/mol. The van der Waals surface area contributed by atoms with E-state index in [2.05, 4.69) is 4.72 Å². The SMILES string of the molecule is CN(C)CCC(C)(C)NS(=O)(=O)Cl. The van der Waals surface area contributed by atoms with Gasteiger partial charge in [0.15, 0.2) is 0 Å². The first-order valence-electron chi connectivity index (χ1n) is 4.01. The second kappa shape index (κ2) is 4.59. The van der Waals surface area contributed by atoms with Gasteiger partial charge in [-0.25, -0.2) is 0 Å². The standard InChI is InChI=1S/C7H17ClN2O2S/c1-7(2,5-6-10(3)4)9-13(8,11)12/h9H,5-6H2,1-4H3. The van der Waals surface area contributed by atoms with Gasteiger partial charge >= 0.3 is 0 Å². The van der Waals surface area contributed by atoms with Crippen molar-refractivity contribution in [1.82, 2.24) is 9.62 Å². The molecule has 0 saturated carbocycles. The lowest BCUT2D eigenvalue weighted by atomic mass is 10.0. The molecule has 0 atom stereocenters. The van der Waals surface area contributed by atoms with Gasteiger partial charge in [-0.15, -0.1) is 0 Å². The van der Waals surface area contributed by atoms with E-state index in [1.54, 1.807) is 13.8 Å². The minimum Gasteiger partial charge on any atom is -0.309 e. The van der Waals surface area contributed by atoms with Crippen molar-refractivity contribution in [3.8, 4) is 0 Å². The molecule has 80 valence electrons. The van der Waals surface area contributed by atoms with Crippen LogP contribution >= 0.6 is 10.7 Å². The van der Waals surface area contributed by atoms with Gasteiger partial charge in [-0.3, -0.25) is 0 Å². The number of nitrogens with zero attached hydrogens (tertiary/aromatic N) is 1. The first-order valence-corrected chi connectivity index (χ1v) is 6.32. The third-order valence-electron chi connectivity index (χ3n) is 1.58. The van der Waals surface area contributed by atoms with Gasteiger partial charge in [-0.2, -0.15) is 13.1 Å². The van der Waals surface area contributed by atoms with Crippen molar-refractivity contribution >= 4 is 19.9 Å². The summed E-state index contributed by atoms with van der Waals surface area (Å²) in [6.07, 6.45) is 0.714. The van der Waals surface area contributed by atoms with Crippen LogP contribution in [0.4, 0.5) is 0 Å². The lowest BCUT2D eigenvalue weighted by Gasteiger charge is -2.25. The molecule has 0 amide bonds. The van der Waals surface area contributed by atoms with Crippen LogP contribution < -0.4 is 4.72 Å². The number of halogens is 1. The van der Waals surface area contributed by atoms with Crippen LogP contribution in [-0.4, -0.2) is 39.5 Å².